The van der Waals surface area contributed by atoms with Gasteiger partial charge in [0.15, 0.2) is 0 Å². The zero-order chi connectivity index (χ0) is 10.4. The number of rotatable bonds is 2. The molecular weight excluding hydrogens is 181 g/mol. The van der Waals surface area contributed by atoms with Crippen molar-refractivity contribution in [3.63, 3.8) is 0 Å². The molecule has 0 saturated heterocycles. The number of aliphatic hydroxyl groups is 1. The Balaban J connectivity index is 2.46. The van der Waals surface area contributed by atoms with Gasteiger partial charge in [0.05, 0.1) is 12.3 Å². The maximum atomic E-state index is 13.5. The van der Waals surface area contributed by atoms with Gasteiger partial charge in [-0.2, -0.15) is 0 Å². The van der Waals surface area contributed by atoms with Gasteiger partial charge in [-0.25, -0.2) is 4.39 Å². The van der Waals surface area contributed by atoms with Gasteiger partial charge in [-0.15, -0.1) is 0 Å². The summed E-state index contributed by atoms with van der Waals surface area (Å²) in [6.45, 7) is 4.02. The van der Waals surface area contributed by atoms with Crippen LogP contribution >= 0.6 is 0 Å². The Labute approximate surface area is 82.8 Å². The van der Waals surface area contributed by atoms with Crippen molar-refractivity contribution in [3.05, 3.63) is 29.8 Å². The van der Waals surface area contributed by atoms with Crippen molar-refractivity contribution in [3.8, 4) is 0 Å². The Kier molecular flexibility index (Phi) is 1.89. The van der Waals surface area contributed by atoms with E-state index in [1.165, 1.54) is 6.07 Å². The second-order valence-corrected chi connectivity index (χ2v) is 4.63. The zero-order valence-corrected chi connectivity index (χ0v) is 8.42. The molecule has 1 N–H and O–H groups in total. The summed E-state index contributed by atoms with van der Waals surface area (Å²) < 4.78 is 13.5. The normalized spacial score (nSPS) is 28.9. The molecule has 1 fully saturated rings. The lowest BCUT2D eigenvalue weighted by Crippen LogP contribution is -2.22. The first-order valence-corrected chi connectivity index (χ1v) is 4.75. The molecule has 1 aliphatic carbocycles. The lowest BCUT2D eigenvalue weighted by atomic mass is 9.92. The fraction of sp³-hybridized carbons (Fsp3) is 0.545. The monoisotopic (exact) mass is 195 g/mol. The number of hydrogen-bond donors (Lipinski definition) is 1. The number of pyridine rings is 1. The minimum absolute atomic E-state index is 0.0338. The van der Waals surface area contributed by atoms with Crippen molar-refractivity contribution in [2.45, 2.75) is 25.7 Å². The molecule has 2 rings (SSSR count). The van der Waals surface area contributed by atoms with Crippen LogP contribution in [0.25, 0.3) is 0 Å². The van der Waals surface area contributed by atoms with E-state index in [1.54, 1.807) is 12.3 Å². The van der Waals surface area contributed by atoms with Crippen LogP contribution in [0.1, 0.15) is 26.0 Å². The van der Waals surface area contributed by atoms with Crippen molar-refractivity contribution in [1.82, 2.24) is 4.98 Å². The van der Waals surface area contributed by atoms with Gasteiger partial charge in [0.25, 0.3) is 0 Å². The molecule has 1 aromatic heterocycles. The van der Waals surface area contributed by atoms with Crippen molar-refractivity contribution < 1.29 is 9.50 Å². The third kappa shape index (κ3) is 1.08. The van der Waals surface area contributed by atoms with Crippen LogP contribution in [-0.4, -0.2) is 16.7 Å². The van der Waals surface area contributed by atoms with Crippen LogP contribution in [0.15, 0.2) is 18.3 Å². The molecule has 1 aromatic rings. The molecular formula is C11H14FNO. The fourth-order valence-electron chi connectivity index (χ4n) is 2.20. The highest BCUT2D eigenvalue weighted by Gasteiger charge is 2.63. The van der Waals surface area contributed by atoms with E-state index in [1.807, 2.05) is 13.8 Å². The largest absolute Gasteiger partial charge is 0.395 e. The SMILES string of the molecule is CC1(C)CC1(CO)c1ncccc1F. The van der Waals surface area contributed by atoms with Crippen LogP contribution in [0.4, 0.5) is 4.39 Å². The Morgan fingerprint density at radius 2 is 2.21 bits per heavy atom. The third-order valence-corrected chi connectivity index (χ3v) is 3.40. The first kappa shape index (κ1) is 9.59. The van der Waals surface area contributed by atoms with Crippen LogP contribution in [0.3, 0.4) is 0 Å². The molecule has 0 bridgehead atoms. The van der Waals surface area contributed by atoms with E-state index in [-0.39, 0.29) is 17.8 Å². The van der Waals surface area contributed by atoms with Crippen molar-refractivity contribution >= 4 is 0 Å². The van der Waals surface area contributed by atoms with Gasteiger partial charge in [0, 0.05) is 11.6 Å². The number of aromatic nitrogens is 1. The molecule has 1 unspecified atom stereocenters. The summed E-state index contributed by atoms with van der Waals surface area (Å²) in [6.07, 6.45) is 2.37. The predicted molar refractivity (Wildman–Crippen MR) is 51.4 cm³/mol. The third-order valence-electron chi connectivity index (χ3n) is 3.40. The predicted octanol–water partition coefficient (Wildman–Crippen LogP) is 1.88. The van der Waals surface area contributed by atoms with E-state index in [0.29, 0.717) is 5.69 Å². The summed E-state index contributed by atoms with van der Waals surface area (Å²) in [5.74, 6) is -0.313. The van der Waals surface area contributed by atoms with Crippen molar-refractivity contribution in [2.24, 2.45) is 5.41 Å². The smallest absolute Gasteiger partial charge is 0.145 e. The average Bonchev–Trinajstić information content (AvgIpc) is 2.70. The highest BCUT2D eigenvalue weighted by molar-refractivity contribution is 5.32. The number of halogens is 1. The van der Waals surface area contributed by atoms with Gasteiger partial charge in [0.1, 0.15) is 5.82 Å². The fourth-order valence-corrected chi connectivity index (χ4v) is 2.20. The second kappa shape index (κ2) is 2.76. The summed E-state index contributed by atoms with van der Waals surface area (Å²) in [6, 6.07) is 2.97. The summed E-state index contributed by atoms with van der Waals surface area (Å²) in [7, 11) is 0. The Morgan fingerprint density at radius 1 is 1.57 bits per heavy atom. The Hall–Kier alpha value is -0.960. The molecule has 1 aliphatic rings. The minimum atomic E-state index is -0.460. The van der Waals surface area contributed by atoms with Crippen LogP contribution < -0.4 is 0 Å². The highest BCUT2D eigenvalue weighted by atomic mass is 19.1. The maximum Gasteiger partial charge on any atom is 0.145 e. The lowest BCUT2D eigenvalue weighted by Gasteiger charge is -2.17. The number of aliphatic hydroxyl groups excluding tert-OH is 1. The molecule has 1 saturated carbocycles. The highest BCUT2D eigenvalue weighted by Crippen LogP contribution is 2.63. The Bertz CT molecular complexity index is 364. The van der Waals surface area contributed by atoms with Gasteiger partial charge in [-0.1, -0.05) is 13.8 Å². The first-order chi connectivity index (χ1) is 6.53. The molecule has 1 heterocycles. The Morgan fingerprint density at radius 3 is 2.64 bits per heavy atom. The quantitative estimate of drug-likeness (QED) is 0.781. The van der Waals surface area contributed by atoms with Crippen molar-refractivity contribution in [1.29, 1.82) is 0 Å². The van der Waals surface area contributed by atoms with E-state index in [2.05, 4.69) is 4.98 Å². The van der Waals surface area contributed by atoms with Crippen LogP contribution in [0, 0.1) is 11.2 Å². The van der Waals surface area contributed by atoms with Gasteiger partial charge in [-0.3, -0.25) is 4.98 Å². The molecule has 0 amide bonds. The van der Waals surface area contributed by atoms with E-state index in [9.17, 15) is 9.50 Å². The summed E-state index contributed by atoms with van der Waals surface area (Å²) in [5, 5.41) is 9.36. The summed E-state index contributed by atoms with van der Waals surface area (Å²) in [4.78, 5) is 4.04. The molecule has 0 aromatic carbocycles. The lowest BCUT2D eigenvalue weighted by molar-refractivity contribution is 0.225. The van der Waals surface area contributed by atoms with Crippen LogP contribution in [-0.2, 0) is 5.41 Å². The van der Waals surface area contributed by atoms with Gasteiger partial charge >= 0.3 is 0 Å². The second-order valence-electron chi connectivity index (χ2n) is 4.63. The first-order valence-electron chi connectivity index (χ1n) is 4.75. The van der Waals surface area contributed by atoms with Crippen LogP contribution in [0.2, 0.25) is 0 Å². The van der Waals surface area contributed by atoms with Crippen molar-refractivity contribution in [2.75, 3.05) is 6.61 Å². The number of hydrogen-bond acceptors (Lipinski definition) is 2. The molecule has 76 valence electrons. The summed E-state index contributed by atoms with van der Waals surface area (Å²) in [5.41, 5.74) is -0.0950. The molecule has 3 heteroatoms. The van der Waals surface area contributed by atoms with Gasteiger partial charge < -0.3 is 5.11 Å². The molecule has 0 aliphatic heterocycles. The molecule has 0 radical (unpaired) electrons. The molecule has 1 atom stereocenters. The average molecular weight is 195 g/mol. The zero-order valence-electron chi connectivity index (χ0n) is 8.42. The minimum Gasteiger partial charge on any atom is -0.395 e. The number of nitrogens with zero attached hydrogens (tertiary/aromatic N) is 1. The van der Waals surface area contributed by atoms with Gasteiger partial charge in [0.2, 0.25) is 0 Å². The van der Waals surface area contributed by atoms with E-state index < -0.39 is 5.41 Å². The van der Waals surface area contributed by atoms with E-state index in [0.717, 1.165) is 6.42 Å². The molecule has 0 spiro atoms. The molecule has 14 heavy (non-hydrogen) atoms. The standard InChI is InChI=1S/C11H14FNO/c1-10(2)6-11(10,7-14)9-8(12)4-3-5-13-9/h3-5,14H,6-7H2,1-2H3. The van der Waals surface area contributed by atoms with Gasteiger partial charge in [-0.05, 0) is 24.0 Å². The topological polar surface area (TPSA) is 33.1 Å². The van der Waals surface area contributed by atoms with Crippen LogP contribution in [0.5, 0.6) is 0 Å². The molecule has 2 nitrogen and oxygen atoms in total. The van der Waals surface area contributed by atoms with E-state index >= 15 is 0 Å². The maximum absolute atomic E-state index is 13.5. The van der Waals surface area contributed by atoms with E-state index in [4.69, 9.17) is 0 Å². The summed E-state index contributed by atoms with van der Waals surface area (Å²) >= 11 is 0.